The molecule has 1 aliphatic heterocycles. The second-order valence-electron chi connectivity index (χ2n) is 6.00. The van der Waals surface area contributed by atoms with Crippen molar-refractivity contribution in [3.63, 3.8) is 0 Å². The summed E-state index contributed by atoms with van der Waals surface area (Å²) < 4.78 is 5.46. The highest BCUT2D eigenvalue weighted by molar-refractivity contribution is 4.83. The second-order valence-corrected chi connectivity index (χ2v) is 6.00. The van der Waals surface area contributed by atoms with Crippen LogP contribution in [0.5, 0.6) is 0 Å². The van der Waals surface area contributed by atoms with Crippen molar-refractivity contribution < 1.29 is 4.74 Å². The molecule has 0 aromatic heterocycles. The van der Waals surface area contributed by atoms with E-state index in [0.717, 1.165) is 19.1 Å². The van der Waals surface area contributed by atoms with Crippen molar-refractivity contribution in [3.8, 4) is 0 Å². The fraction of sp³-hybridized carbons (Fsp3) is 1.00. The molecule has 0 atom stereocenters. The number of hydrogen-bond acceptors (Lipinski definition) is 2. The predicted molar refractivity (Wildman–Crippen MR) is 74.3 cm³/mol. The summed E-state index contributed by atoms with van der Waals surface area (Å²) in [7, 11) is 0. The smallest absolute Gasteiger partial charge is 0.0468 e. The molecule has 0 aliphatic carbocycles. The highest BCUT2D eigenvalue weighted by Gasteiger charge is 2.30. The number of hydrogen-bond donors (Lipinski definition) is 1. The summed E-state index contributed by atoms with van der Waals surface area (Å²) in [5, 5.41) is 3.65. The van der Waals surface area contributed by atoms with E-state index in [9.17, 15) is 0 Å². The van der Waals surface area contributed by atoms with E-state index in [2.05, 4.69) is 33.0 Å². The second kappa shape index (κ2) is 7.38. The molecule has 2 nitrogen and oxygen atoms in total. The molecule has 102 valence electrons. The Balaban J connectivity index is 2.49. The van der Waals surface area contributed by atoms with E-state index in [1.807, 2.05) is 0 Å². The van der Waals surface area contributed by atoms with Gasteiger partial charge in [0, 0.05) is 25.8 Å². The minimum absolute atomic E-state index is 0.506. The lowest BCUT2D eigenvalue weighted by atomic mass is 9.73. The predicted octanol–water partition coefficient (Wildman–Crippen LogP) is 3.61. The maximum atomic E-state index is 5.46. The zero-order valence-corrected chi connectivity index (χ0v) is 12.2. The van der Waals surface area contributed by atoms with E-state index in [4.69, 9.17) is 4.74 Å². The van der Waals surface area contributed by atoms with Crippen LogP contribution in [0.3, 0.4) is 0 Å². The van der Waals surface area contributed by atoms with Crippen LogP contribution in [0.15, 0.2) is 0 Å². The quantitative estimate of drug-likeness (QED) is 0.735. The molecule has 0 aromatic carbocycles. The molecule has 0 radical (unpaired) electrons. The standard InChI is InChI=1S/C15H31NO/c1-5-15(6-2,12-16-13(3)4)11-14-7-9-17-10-8-14/h13-14,16H,5-12H2,1-4H3. The molecule has 1 N–H and O–H groups in total. The SMILES string of the molecule is CCC(CC)(CNC(C)C)CC1CCOCC1. The van der Waals surface area contributed by atoms with Gasteiger partial charge in [-0.2, -0.15) is 0 Å². The van der Waals surface area contributed by atoms with Gasteiger partial charge < -0.3 is 10.1 Å². The third-order valence-electron chi connectivity index (χ3n) is 4.45. The van der Waals surface area contributed by atoms with Crippen molar-refractivity contribution in [3.05, 3.63) is 0 Å². The maximum absolute atomic E-state index is 5.46. The molecule has 1 heterocycles. The van der Waals surface area contributed by atoms with Gasteiger partial charge in [-0.05, 0) is 43.4 Å². The number of nitrogens with one attached hydrogen (secondary N) is 1. The first kappa shape index (κ1) is 15.0. The van der Waals surface area contributed by atoms with Crippen LogP contribution in [0.1, 0.15) is 59.8 Å². The minimum atomic E-state index is 0.506. The molecule has 0 saturated carbocycles. The zero-order chi connectivity index (χ0) is 12.7. The summed E-state index contributed by atoms with van der Waals surface area (Å²) in [6, 6.07) is 0.599. The molecule has 0 bridgehead atoms. The van der Waals surface area contributed by atoms with Gasteiger partial charge in [-0.1, -0.05) is 27.7 Å². The van der Waals surface area contributed by atoms with Gasteiger partial charge >= 0.3 is 0 Å². The summed E-state index contributed by atoms with van der Waals surface area (Å²) in [5.74, 6) is 0.887. The van der Waals surface area contributed by atoms with E-state index in [-0.39, 0.29) is 0 Å². The molecule has 2 heteroatoms. The Morgan fingerprint density at radius 3 is 2.24 bits per heavy atom. The summed E-state index contributed by atoms with van der Waals surface area (Å²) >= 11 is 0. The summed E-state index contributed by atoms with van der Waals surface area (Å²) in [5.41, 5.74) is 0.506. The average molecular weight is 241 g/mol. The van der Waals surface area contributed by atoms with Crippen molar-refractivity contribution in [1.82, 2.24) is 5.32 Å². The van der Waals surface area contributed by atoms with Crippen LogP contribution in [0, 0.1) is 11.3 Å². The summed E-state index contributed by atoms with van der Waals surface area (Å²) in [6.45, 7) is 12.3. The lowest BCUT2D eigenvalue weighted by Crippen LogP contribution is -2.39. The lowest BCUT2D eigenvalue weighted by Gasteiger charge is -2.37. The number of rotatable bonds is 7. The Morgan fingerprint density at radius 2 is 1.76 bits per heavy atom. The Hall–Kier alpha value is -0.0800. The normalized spacial score (nSPS) is 18.9. The van der Waals surface area contributed by atoms with E-state index in [1.165, 1.54) is 38.6 Å². The number of ether oxygens (including phenoxy) is 1. The zero-order valence-electron chi connectivity index (χ0n) is 12.2. The molecule has 1 rings (SSSR count). The van der Waals surface area contributed by atoms with Crippen molar-refractivity contribution in [2.45, 2.75) is 65.8 Å². The highest BCUT2D eigenvalue weighted by Crippen LogP contribution is 2.36. The molecule has 17 heavy (non-hydrogen) atoms. The molecule has 0 unspecified atom stereocenters. The van der Waals surface area contributed by atoms with Gasteiger partial charge in [0.2, 0.25) is 0 Å². The Morgan fingerprint density at radius 1 is 1.18 bits per heavy atom. The summed E-state index contributed by atoms with van der Waals surface area (Å²) in [6.07, 6.45) is 6.50. The van der Waals surface area contributed by atoms with E-state index in [0.29, 0.717) is 11.5 Å². The molecule has 1 saturated heterocycles. The Kier molecular flexibility index (Phi) is 6.50. The Labute approximate surface area is 108 Å². The van der Waals surface area contributed by atoms with Crippen LogP contribution in [-0.4, -0.2) is 25.8 Å². The first-order chi connectivity index (χ1) is 8.12. The van der Waals surface area contributed by atoms with Crippen molar-refractivity contribution in [1.29, 1.82) is 0 Å². The van der Waals surface area contributed by atoms with Gasteiger partial charge in [0.1, 0.15) is 0 Å². The topological polar surface area (TPSA) is 21.3 Å². The van der Waals surface area contributed by atoms with Gasteiger partial charge in [-0.3, -0.25) is 0 Å². The van der Waals surface area contributed by atoms with Crippen molar-refractivity contribution in [2.75, 3.05) is 19.8 Å². The maximum Gasteiger partial charge on any atom is 0.0468 e. The van der Waals surface area contributed by atoms with E-state index < -0.39 is 0 Å². The molecule has 0 amide bonds. The first-order valence-electron chi connectivity index (χ1n) is 7.43. The van der Waals surface area contributed by atoms with Gasteiger partial charge in [0.15, 0.2) is 0 Å². The van der Waals surface area contributed by atoms with E-state index in [1.54, 1.807) is 0 Å². The van der Waals surface area contributed by atoms with Gasteiger partial charge in [0.25, 0.3) is 0 Å². The lowest BCUT2D eigenvalue weighted by molar-refractivity contribution is 0.0439. The van der Waals surface area contributed by atoms with Crippen LogP contribution < -0.4 is 5.32 Å². The average Bonchev–Trinajstić information content (AvgIpc) is 2.36. The van der Waals surface area contributed by atoms with Crippen LogP contribution >= 0.6 is 0 Å². The fourth-order valence-corrected chi connectivity index (χ4v) is 2.84. The van der Waals surface area contributed by atoms with Crippen molar-refractivity contribution in [2.24, 2.45) is 11.3 Å². The summed E-state index contributed by atoms with van der Waals surface area (Å²) in [4.78, 5) is 0. The van der Waals surface area contributed by atoms with Gasteiger partial charge in [-0.15, -0.1) is 0 Å². The minimum Gasteiger partial charge on any atom is -0.381 e. The van der Waals surface area contributed by atoms with Crippen LogP contribution in [-0.2, 0) is 4.74 Å². The van der Waals surface area contributed by atoms with Crippen molar-refractivity contribution >= 4 is 0 Å². The monoisotopic (exact) mass is 241 g/mol. The third-order valence-corrected chi connectivity index (χ3v) is 4.45. The molecule has 1 aliphatic rings. The van der Waals surface area contributed by atoms with Crippen LogP contribution in [0.4, 0.5) is 0 Å². The highest BCUT2D eigenvalue weighted by atomic mass is 16.5. The molecule has 0 spiro atoms. The third kappa shape index (κ3) is 4.97. The fourth-order valence-electron chi connectivity index (χ4n) is 2.84. The van der Waals surface area contributed by atoms with Gasteiger partial charge in [0.05, 0.1) is 0 Å². The molecule has 0 aromatic rings. The van der Waals surface area contributed by atoms with Crippen LogP contribution in [0.25, 0.3) is 0 Å². The molecular formula is C15H31NO. The molecular weight excluding hydrogens is 210 g/mol. The molecule has 1 fully saturated rings. The first-order valence-corrected chi connectivity index (χ1v) is 7.43. The van der Waals surface area contributed by atoms with Crippen LogP contribution in [0.2, 0.25) is 0 Å². The van der Waals surface area contributed by atoms with E-state index >= 15 is 0 Å². The Bertz CT molecular complexity index is 193. The van der Waals surface area contributed by atoms with Gasteiger partial charge in [-0.25, -0.2) is 0 Å². The largest absolute Gasteiger partial charge is 0.381 e.